The van der Waals surface area contributed by atoms with Gasteiger partial charge in [-0.3, -0.25) is 4.79 Å². The summed E-state index contributed by atoms with van der Waals surface area (Å²) in [7, 11) is 0. The second-order valence-corrected chi connectivity index (χ2v) is 25.0. The Kier molecular flexibility index (Phi) is 49.5. The van der Waals surface area contributed by atoms with Crippen molar-refractivity contribution < 1.29 is 89.4 Å². The molecule has 3 aliphatic heterocycles. The average Bonchev–Trinajstić information content (AvgIpc) is 0.787. The van der Waals surface area contributed by atoms with Crippen molar-refractivity contribution in [3.05, 3.63) is 122 Å². The third-order valence-corrected chi connectivity index (χ3v) is 17.0. The second-order valence-electron chi connectivity index (χ2n) is 25.0. The summed E-state index contributed by atoms with van der Waals surface area (Å²) in [5, 5.41) is 121. The molecule has 0 radical (unpaired) electrons. The second kappa shape index (κ2) is 55.1. The molecule has 17 unspecified atom stereocenters. The molecule has 1 amide bonds. The van der Waals surface area contributed by atoms with Gasteiger partial charge in [0.2, 0.25) is 5.91 Å². The molecule has 3 rings (SSSR count). The minimum Gasteiger partial charge on any atom is -0.394 e. The third kappa shape index (κ3) is 36.1. The predicted octanol–water partition coefficient (Wildman–Crippen LogP) is 9.99. The van der Waals surface area contributed by atoms with Crippen LogP contribution in [0.2, 0.25) is 0 Å². The molecule has 19 heteroatoms. The van der Waals surface area contributed by atoms with Gasteiger partial charge in [0.1, 0.15) is 73.2 Å². The van der Waals surface area contributed by atoms with Crippen molar-refractivity contribution in [1.29, 1.82) is 0 Å². The van der Waals surface area contributed by atoms with Gasteiger partial charge in [0.25, 0.3) is 0 Å². The van der Waals surface area contributed by atoms with Crippen molar-refractivity contribution in [2.24, 2.45) is 0 Å². The number of aliphatic hydroxyl groups is 11. The van der Waals surface area contributed by atoms with E-state index in [4.69, 9.17) is 28.4 Å². The van der Waals surface area contributed by atoms with Crippen molar-refractivity contribution in [2.75, 3.05) is 26.4 Å². The minimum atomic E-state index is -1.99. The highest BCUT2D eigenvalue weighted by molar-refractivity contribution is 5.76. The minimum absolute atomic E-state index is 0.195. The van der Waals surface area contributed by atoms with Crippen molar-refractivity contribution >= 4 is 5.91 Å². The van der Waals surface area contributed by atoms with Crippen molar-refractivity contribution in [3.63, 3.8) is 0 Å². The number of nitrogens with one attached hydrogen (secondary N) is 1. The molecule has 3 fully saturated rings. The fourth-order valence-corrected chi connectivity index (χ4v) is 11.2. The van der Waals surface area contributed by atoms with Gasteiger partial charge in [-0.2, -0.15) is 0 Å². The molecule has 19 nitrogen and oxygen atoms in total. The first-order valence-electron chi connectivity index (χ1n) is 35.8. The first-order chi connectivity index (χ1) is 45.8. The maximum atomic E-state index is 13.4. The Morgan fingerprint density at radius 1 is 0.394 bits per heavy atom. The highest BCUT2D eigenvalue weighted by atomic mass is 16.8. The van der Waals surface area contributed by atoms with E-state index in [2.05, 4.69) is 129 Å². The number of unbranched alkanes of at least 4 members (excludes halogenated alkanes) is 19. The van der Waals surface area contributed by atoms with Crippen LogP contribution in [-0.4, -0.2) is 193 Å². The van der Waals surface area contributed by atoms with Crippen LogP contribution < -0.4 is 5.32 Å². The van der Waals surface area contributed by atoms with E-state index in [1.54, 1.807) is 6.08 Å². The fourth-order valence-electron chi connectivity index (χ4n) is 11.2. The van der Waals surface area contributed by atoms with Crippen molar-refractivity contribution in [1.82, 2.24) is 5.32 Å². The molecular formula is C75H125NO18. The van der Waals surface area contributed by atoms with Crippen LogP contribution in [0.4, 0.5) is 0 Å². The maximum absolute atomic E-state index is 13.4. The van der Waals surface area contributed by atoms with Crippen molar-refractivity contribution in [3.8, 4) is 0 Å². The lowest BCUT2D eigenvalue weighted by atomic mass is 9.96. The van der Waals surface area contributed by atoms with E-state index in [9.17, 15) is 61.0 Å². The van der Waals surface area contributed by atoms with E-state index < -0.39 is 124 Å². The smallest absolute Gasteiger partial charge is 0.220 e. The summed E-state index contributed by atoms with van der Waals surface area (Å²) in [6.45, 7) is 1.58. The van der Waals surface area contributed by atoms with Gasteiger partial charge in [-0.25, -0.2) is 0 Å². The number of ether oxygens (including phenoxy) is 6. The lowest BCUT2D eigenvalue weighted by molar-refractivity contribution is -0.379. The summed E-state index contributed by atoms with van der Waals surface area (Å²) in [6.07, 6.45) is 48.8. The zero-order chi connectivity index (χ0) is 68.2. The number of rotatable bonds is 53. The van der Waals surface area contributed by atoms with E-state index in [1.807, 2.05) is 6.08 Å². The maximum Gasteiger partial charge on any atom is 0.220 e. The molecule has 17 atom stereocenters. The standard InChI is InChI=1S/C75H125NO18/c1-3-5-7-9-11-13-15-17-19-21-23-24-25-26-27-28-29-30-31-32-33-34-35-37-39-41-43-45-47-49-51-53-63(81)76-58(59(80)52-50-48-46-44-42-40-38-36-22-20-18-16-14-12-10-8-6-4-2)57-89-73-69(87)66(84)71(61(55-78)91-73)94-75-70(88)67(85)72(62(56-79)92-75)93-74-68(86)65(83)64(82)60(54-77)90-74/h5,7,11,13,17,19,23-24,26-27,29-30,32-33,35,37,41,43,50,52,58-62,64-75,77-80,82-88H,3-4,6,8-10,12,14-16,18,20-22,25,28,31,34,36,38-40,42,44-49,51,53-57H2,1-2H3,(H,76,81)/b7-5-,13-11-,19-17-,24-23-,27-26-,30-29-,33-32-,37-35-,43-41-,52-50+. The van der Waals surface area contributed by atoms with Crippen LogP contribution in [0.3, 0.4) is 0 Å². The van der Waals surface area contributed by atoms with Gasteiger partial charge in [-0.05, 0) is 89.9 Å². The summed E-state index contributed by atoms with van der Waals surface area (Å²) in [5.74, 6) is -0.312. The number of hydrogen-bond donors (Lipinski definition) is 12. The number of carbonyl (C=O) groups excluding carboxylic acids is 1. The molecule has 0 saturated carbocycles. The van der Waals surface area contributed by atoms with E-state index >= 15 is 0 Å². The average molecular weight is 1330 g/mol. The Balaban J connectivity index is 1.44. The number of carbonyl (C=O) groups is 1. The highest BCUT2D eigenvalue weighted by Crippen LogP contribution is 2.33. The molecule has 0 aromatic rings. The van der Waals surface area contributed by atoms with E-state index in [0.717, 1.165) is 103 Å². The summed E-state index contributed by atoms with van der Waals surface area (Å²) in [6, 6.07) is -1.00. The van der Waals surface area contributed by atoms with Gasteiger partial charge in [-0.1, -0.05) is 238 Å². The molecule has 3 saturated heterocycles. The Morgan fingerprint density at radius 3 is 1.15 bits per heavy atom. The first kappa shape index (κ1) is 84.4. The molecule has 0 aliphatic carbocycles. The molecule has 0 aromatic carbocycles. The first-order valence-corrected chi connectivity index (χ1v) is 35.8. The summed E-state index contributed by atoms with van der Waals surface area (Å²) in [4.78, 5) is 13.4. The zero-order valence-corrected chi connectivity index (χ0v) is 56.9. The van der Waals surface area contributed by atoms with Gasteiger partial charge in [0, 0.05) is 6.42 Å². The summed E-state index contributed by atoms with van der Waals surface area (Å²) in [5.41, 5.74) is 0. The molecule has 538 valence electrons. The Morgan fingerprint density at radius 2 is 0.734 bits per heavy atom. The zero-order valence-electron chi connectivity index (χ0n) is 56.9. The molecule has 0 spiro atoms. The molecule has 3 aliphatic rings. The van der Waals surface area contributed by atoms with Gasteiger partial charge in [-0.15, -0.1) is 0 Å². The van der Waals surface area contributed by atoms with Crippen LogP contribution in [0, 0.1) is 0 Å². The van der Waals surface area contributed by atoms with Gasteiger partial charge >= 0.3 is 0 Å². The van der Waals surface area contributed by atoms with Crippen LogP contribution in [0.15, 0.2) is 122 Å². The molecular weight excluding hydrogens is 1200 g/mol. The lowest BCUT2D eigenvalue weighted by Crippen LogP contribution is -2.66. The predicted molar refractivity (Wildman–Crippen MR) is 369 cm³/mol. The summed E-state index contributed by atoms with van der Waals surface area (Å²) < 4.78 is 34.3. The molecule has 3 heterocycles. The topological polar surface area (TPSA) is 307 Å². The third-order valence-electron chi connectivity index (χ3n) is 17.0. The van der Waals surface area contributed by atoms with Gasteiger partial charge in [0.15, 0.2) is 18.9 Å². The Labute approximate surface area is 563 Å². The van der Waals surface area contributed by atoms with E-state index in [0.29, 0.717) is 6.42 Å². The van der Waals surface area contributed by atoms with Crippen LogP contribution in [0.5, 0.6) is 0 Å². The number of aliphatic hydroxyl groups excluding tert-OH is 11. The Bertz CT molecular complexity index is 2180. The molecule has 0 bridgehead atoms. The number of hydrogen-bond acceptors (Lipinski definition) is 18. The van der Waals surface area contributed by atoms with Crippen LogP contribution in [0.25, 0.3) is 0 Å². The van der Waals surface area contributed by atoms with Gasteiger partial charge < -0.3 is 89.9 Å². The SMILES string of the molecule is CC/C=C\C/C=C\C/C=C\C/C=C\C/C=C\C/C=C\C/C=C\C/C=C\C/C=C\CCCCCC(=O)NC(COC1OC(CO)C(OC2OC(CO)C(OC3OC(CO)C(O)C(O)C3O)C(O)C2O)C(O)C1O)C(O)/C=C/CCCCCCCCCCCCCCCCCC. The largest absolute Gasteiger partial charge is 0.394 e. The number of allylic oxidation sites excluding steroid dienone is 19. The highest BCUT2D eigenvalue weighted by Gasteiger charge is 2.53. The summed E-state index contributed by atoms with van der Waals surface area (Å²) >= 11 is 0. The monoisotopic (exact) mass is 1330 g/mol. The fraction of sp³-hybridized carbons (Fsp3) is 0.720. The van der Waals surface area contributed by atoms with Gasteiger partial charge in [0.05, 0.1) is 38.6 Å². The van der Waals surface area contributed by atoms with Crippen molar-refractivity contribution in [2.45, 2.75) is 317 Å². The number of amides is 1. The quantitative estimate of drug-likeness (QED) is 0.0199. The lowest BCUT2D eigenvalue weighted by Gasteiger charge is -2.48. The van der Waals surface area contributed by atoms with E-state index in [1.165, 1.54) is 83.5 Å². The normalized spacial score (nSPS) is 28.1. The molecule has 0 aromatic heterocycles. The Hall–Kier alpha value is -3.81. The molecule has 94 heavy (non-hydrogen) atoms. The van der Waals surface area contributed by atoms with E-state index in [-0.39, 0.29) is 18.9 Å². The molecule has 12 N–H and O–H groups in total. The van der Waals surface area contributed by atoms with Crippen LogP contribution >= 0.6 is 0 Å². The van der Waals surface area contributed by atoms with Crippen LogP contribution in [-0.2, 0) is 33.2 Å². The van der Waals surface area contributed by atoms with Crippen LogP contribution in [0.1, 0.15) is 213 Å².